The van der Waals surface area contributed by atoms with E-state index in [4.69, 9.17) is 4.74 Å². The van der Waals surface area contributed by atoms with Crippen molar-refractivity contribution in [1.82, 2.24) is 0 Å². The minimum Gasteiger partial charge on any atom is -0.508 e. The van der Waals surface area contributed by atoms with E-state index in [0.29, 0.717) is 0 Å². The summed E-state index contributed by atoms with van der Waals surface area (Å²) in [6.45, 7) is 6.18. The molecule has 22 heavy (non-hydrogen) atoms. The van der Waals surface area contributed by atoms with Crippen molar-refractivity contribution in [1.29, 1.82) is 0 Å². The summed E-state index contributed by atoms with van der Waals surface area (Å²) in [6, 6.07) is 14.0. The summed E-state index contributed by atoms with van der Waals surface area (Å²) in [4.78, 5) is 2.36. The molecule has 0 saturated carbocycles. The molecule has 2 aromatic rings. The molecule has 116 valence electrons. The van der Waals surface area contributed by atoms with Crippen LogP contribution in [-0.2, 0) is 6.42 Å². The first-order chi connectivity index (χ1) is 10.7. The first kappa shape index (κ1) is 14.8. The van der Waals surface area contributed by atoms with Gasteiger partial charge in [-0.1, -0.05) is 36.8 Å². The highest BCUT2D eigenvalue weighted by Gasteiger charge is 2.25. The third-order valence-electron chi connectivity index (χ3n) is 4.08. The van der Waals surface area contributed by atoms with Crippen LogP contribution in [0.4, 0.5) is 5.69 Å². The molecule has 0 amide bonds. The maximum Gasteiger partial charge on any atom is 0.146 e. The van der Waals surface area contributed by atoms with E-state index in [2.05, 4.69) is 43.0 Å². The van der Waals surface area contributed by atoms with Crippen molar-refractivity contribution in [2.75, 3.05) is 18.0 Å². The molecular weight excluding hydrogens is 274 g/mol. The number of aryl methyl sites for hydroxylation is 1. The lowest BCUT2D eigenvalue weighted by molar-refractivity contribution is 0.193. The summed E-state index contributed by atoms with van der Waals surface area (Å²) in [5.74, 6) is 1.04. The van der Waals surface area contributed by atoms with Crippen LogP contribution in [-0.4, -0.2) is 24.3 Å². The van der Waals surface area contributed by atoms with Crippen LogP contribution in [0.2, 0.25) is 0 Å². The number of ether oxygens (including phenoxy) is 1. The molecule has 0 spiro atoms. The van der Waals surface area contributed by atoms with Gasteiger partial charge in [0, 0.05) is 19.0 Å². The van der Waals surface area contributed by atoms with Crippen molar-refractivity contribution in [3.63, 3.8) is 0 Å². The summed E-state index contributed by atoms with van der Waals surface area (Å²) >= 11 is 0. The molecule has 0 fully saturated rings. The Morgan fingerprint density at radius 2 is 1.95 bits per heavy atom. The molecule has 1 aliphatic heterocycles. The number of hydrogen-bond acceptors (Lipinski definition) is 3. The Labute approximate surface area is 132 Å². The van der Waals surface area contributed by atoms with Crippen molar-refractivity contribution >= 4 is 5.69 Å². The van der Waals surface area contributed by atoms with E-state index in [9.17, 15) is 5.11 Å². The highest BCUT2D eigenvalue weighted by Crippen LogP contribution is 2.36. The Kier molecular flexibility index (Phi) is 4.23. The van der Waals surface area contributed by atoms with E-state index in [1.165, 1.54) is 11.1 Å². The number of phenols is 1. The van der Waals surface area contributed by atoms with Gasteiger partial charge in [-0.3, -0.25) is 0 Å². The van der Waals surface area contributed by atoms with Gasteiger partial charge in [0.25, 0.3) is 0 Å². The SMILES string of the molecule is CCCN1CC(Cc2ccc(C)cc2)Oc2cc(O)ccc21. The van der Waals surface area contributed by atoms with E-state index < -0.39 is 0 Å². The van der Waals surface area contributed by atoms with Crippen LogP contribution in [0.1, 0.15) is 24.5 Å². The van der Waals surface area contributed by atoms with Crippen molar-refractivity contribution < 1.29 is 9.84 Å². The first-order valence-corrected chi connectivity index (χ1v) is 7.96. The van der Waals surface area contributed by atoms with E-state index in [1.807, 2.05) is 6.07 Å². The van der Waals surface area contributed by atoms with Crippen LogP contribution < -0.4 is 9.64 Å². The summed E-state index contributed by atoms with van der Waals surface area (Å²) in [7, 11) is 0. The van der Waals surface area contributed by atoms with E-state index in [0.717, 1.165) is 37.4 Å². The number of benzene rings is 2. The van der Waals surface area contributed by atoms with Gasteiger partial charge in [0.2, 0.25) is 0 Å². The fourth-order valence-electron chi connectivity index (χ4n) is 2.99. The smallest absolute Gasteiger partial charge is 0.146 e. The zero-order chi connectivity index (χ0) is 15.5. The second-order valence-electron chi connectivity index (χ2n) is 6.03. The van der Waals surface area contributed by atoms with E-state index in [1.54, 1.807) is 12.1 Å². The molecule has 1 atom stereocenters. The van der Waals surface area contributed by atoms with Crippen LogP contribution in [0.5, 0.6) is 11.5 Å². The second-order valence-corrected chi connectivity index (χ2v) is 6.03. The molecule has 0 aromatic heterocycles. The number of hydrogen-bond donors (Lipinski definition) is 1. The maximum atomic E-state index is 9.71. The lowest BCUT2D eigenvalue weighted by atomic mass is 10.0. The molecule has 0 saturated heterocycles. The molecule has 1 N–H and O–H groups in total. The molecule has 0 bridgehead atoms. The lowest BCUT2D eigenvalue weighted by Gasteiger charge is -2.36. The molecule has 3 rings (SSSR count). The highest BCUT2D eigenvalue weighted by atomic mass is 16.5. The second kappa shape index (κ2) is 6.30. The molecule has 3 heteroatoms. The molecule has 1 unspecified atom stereocenters. The number of phenolic OH excluding ortho intramolecular Hbond substituents is 1. The standard InChI is InChI=1S/C19H23NO2/c1-3-10-20-13-17(11-15-6-4-14(2)5-7-15)22-19-12-16(21)8-9-18(19)20/h4-9,12,17,21H,3,10-11,13H2,1-2H3. The van der Waals surface area contributed by atoms with Crippen LogP contribution in [0.25, 0.3) is 0 Å². The zero-order valence-electron chi connectivity index (χ0n) is 13.2. The number of fused-ring (bicyclic) bond motifs is 1. The van der Waals surface area contributed by atoms with Crippen molar-refractivity contribution in [3.05, 3.63) is 53.6 Å². The quantitative estimate of drug-likeness (QED) is 0.928. The van der Waals surface area contributed by atoms with Crippen molar-refractivity contribution in [2.45, 2.75) is 32.8 Å². The number of rotatable bonds is 4. The Morgan fingerprint density at radius 3 is 2.68 bits per heavy atom. The predicted molar refractivity (Wildman–Crippen MR) is 89.9 cm³/mol. The topological polar surface area (TPSA) is 32.7 Å². The van der Waals surface area contributed by atoms with Crippen molar-refractivity contribution in [3.8, 4) is 11.5 Å². The fraction of sp³-hybridized carbons (Fsp3) is 0.368. The maximum absolute atomic E-state index is 9.71. The monoisotopic (exact) mass is 297 g/mol. The third kappa shape index (κ3) is 3.19. The van der Waals surface area contributed by atoms with Gasteiger partial charge in [0.1, 0.15) is 17.6 Å². The van der Waals surface area contributed by atoms with Gasteiger partial charge in [0.05, 0.1) is 12.2 Å². The lowest BCUT2D eigenvalue weighted by Crippen LogP contribution is -2.41. The van der Waals surface area contributed by atoms with Gasteiger partial charge in [-0.25, -0.2) is 0 Å². The van der Waals surface area contributed by atoms with Gasteiger partial charge in [0.15, 0.2) is 0 Å². The summed E-state index contributed by atoms with van der Waals surface area (Å²) in [6.07, 6.45) is 2.09. The van der Waals surface area contributed by atoms with Gasteiger partial charge in [-0.15, -0.1) is 0 Å². The molecule has 0 aliphatic carbocycles. The third-order valence-corrected chi connectivity index (χ3v) is 4.08. The predicted octanol–water partition coefficient (Wildman–Crippen LogP) is 3.92. The van der Waals surface area contributed by atoms with Gasteiger partial charge in [-0.2, -0.15) is 0 Å². The molecular formula is C19H23NO2. The fourth-order valence-corrected chi connectivity index (χ4v) is 2.99. The molecule has 3 nitrogen and oxygen atoms in total. The number of anilines is 1. The largest absolute Gasteiger partial charge is 0.508 e. The van der Waals surface area contributed by atoms with Gasteiger partial charge >= 0.3 is 0 Å². The Balaban J connectivity index is 1.81. The molecule has 1 heterocycles. The summed E-state index contributed by atoms with van der Waals surface area (Å²) in [5, 5.41) is 9.71. The number of nitrogens with zero attached hydrogens (tertiary/aromatic N) is 1. The van der Waals surface area contributed by atoms with Gasteiger partial charge < -0.3 is 14.7 Å². The van der Waals surface area contributed by atoms with E-state index >= 15 is 0 Å². The Hall–Kier alpha value is -2.16. The average Bonchev–Trinajstić information content (AvgIpc) is 2.49. The van der Waals surface area contributed by atoms with Crippen molar-refractivity contribution in [2.24, 2.45) is 0 Å². The normalized spacial score (nSPS) is 17.0. The first-order valence-electron chi connectivity index (χ1n) is 7.96. The summed E-state index contributed by atoms with van der Waals surface area (Å²) < 4.78 is 6.12. The molecule has 0 radical (unpaired) electrons. The Morgan fingerprint density at radius 1 is 1.18 bits per heavy atom. The average molecular weight is 297 g/mol. The Bertz CT molecular complexity index is 636. The number of aromatic hydroxyl groups is 1. The van der Waals surface area contributed by atoms with E-state index in [-0.39, 0.29) is 11.9 Å². The van der Waals surface area contributed by atoms with Crippen LogP contribution in [0, 0.1) is 6.92 Å². The van der Waals surface area contributed by atoms with Crippen LogP contribution in [0.3, 0.4) is 0 Å². The molecule has 2 aromatic carbocycles. The van der Waals surface area contributed by atoms with Crippen LogP contribution in [0.15, 0.2) is 42.5 Å². The van der Waals surface area contributed by atoms with Gasteiger partial charge in [-0.05, 0) is 31.0 Å². The minimum atomic E-state index is 0.114. The highest BCUT2D eigenvalue weighted by molar-refractivity contribution is 5.62. The minimum absolute atomic E-state index is 0.114. The zero-order valence-corrected chi connectivity index (χ0v) is 13.2. The summed E-state index contributed by atoms with van der Waals surface area (Å²) in [5.41, 5.74) is 3.65. The van der Waals surface area contributed by atoms with Crippen LogP contribution >= 0.6 is 0 Å². The molecule has 1 aliphatic rings.